The maximum atomic E-state index is 14.1. The number of carbonyl (C=O) groups excluding carboxylic acids is 1. The number of aromatic amines is 1. The molecule has 5 rings (SSSR count). The van der Waals surface area contributed by atoms with Crippen LogP contribution in [0.4, 0.5) is 34.6 Å². The Bertz CT molecular complexity index is 1340. The molecule has 6 nitrogen and oxygen atoms in total. The van der Waals surface area contributed by atoms with Crippen LogP contribution in [0.2, 0.25) is 0 Å². The summed E-state index contributed by atoms with van der Waals surface area (Å²) in [6.45, 7) is -0.106. The van der Waals surface area contributed by atoms with Gasteiger partial charge in [-0.2, -0.15) is 13.2 Å². The van der Waals surface area contributed by atoms with Crippen LogP contribution in [-0.4, -0.2) is 22.5 Å². The van der Waals surface area contributed by atoms with Gasteiger partial charge in [0.15, 0.2) is 0 Å². The summed E-state index contributed by atoms with van der Waals surface area (Å²) in [6, 6.07) is 7.88. The van der Waals surface area contributed by atoms with Crippen LogP contribution >= 0.6 is 0 Å². The Balaban J connectivity index is 1.75. The van der Waals surface area contributed by atoms with Crippen LogP contribution in [0.1, 0.15) is 46.6 Å². The first-order valence-electron chi connectivity index (χ1n) is 10.9. The lowest BCUT2D eigenvalue weighted by atomic mass is 9.99. The Labute approximate surface area is 191 Å². The minimum Gasteiger partial charge on any atom is -0.324 e. The van der Waals surface area contributed by atoms with E-state index in [4.69, 9.17) is 0 Å². The van der Waals surface area contributed by atoms with Crippen LogP contribution in [0.15, 0.2) is 47.4 Å². The Morgan fingerprint density at radius 1 is 0.882 bits per heavy atom. The fraction of sp³-hybridized carbons (Fsp3) is 0.292. The van der Waals surface area contributed by atoms with Crippen molar-refractivity contribution in [3.05, 3.63) is 81.3 Å². The van der Waals surface area contributed by atoms with Crippen LogP contribution in [0, 0.1) is 5.82 Å². The fourth-order valence-electron chi connectivity index (χ4n) is 4.57. The van der Waals surface area contributed by atoms with E-state index >= 15 is 0 Å². The molecule has 0 saturated heterocycles. The molecule has 0 saturated carbocycles. The SMILES string of the molecule is O=C1c2cnc(C(F)(F)F)cc2N2CN1c1ccc(=O)[nH]c1CCCCCc1cc(F)ccc12. The van der Waals surface area contributed by atoms with E-state index in [1.54, 1.807) is 11.0 Å². The fourth-order valence-corrected chi connectivity index (χ4v) is 4.57. The van der Waals surface area contributed by atoms with Gasteiger partial charge in [0.05, 0.1) is 16.9 Å². The number of halogens is 4. The molecule has 0 spiro atoms. The minimum absolute atomic E-state index is 0.0104. The van der Waals surface area contributed by atoms with Gasteiger partial charge in [-0.05, 0) is 61.6 Å². The van der Waals surface area contributed by atoms with Crippen LogP contribution in [0.3, 0.4) is 0 Å². The Kier molecular flexibility index (Phi) is 5.38. The maximum absolute atomic E-state index is 14.1. The average Bonchev–Trinajstić information content (AvgIpc) is 2.78. The molecular formula is C24H20F4N4O2. The minimum atomic E-state index is -4.70. The monoisotopic (exact) mass is 472 g/mol. The molecule has 0 unspecified atom stereocenters. The largest absolute Gasteiger partial charge is 0.433 e. The van der Waals surface area contributed by atoms with E-state index in [1.807, 2.05) is 0 Å². The van der Waals surface area contributed by atoms with Gasteiger partial charge < -0.3 is 9.88 Å². The lowest BCUT2D eigenvalue weighted by Crippen LogP contribution is -2.46. The van der Waals surface area contributed by atoms with Crippen LogP contribution in [-0.2, 0) is 19.0 Å². The van der Waals surface area contributed by atoms with Crippen molar-refractivity contribution in [2.45, 2.75) is 38.3 Å². The third-order valence-corrected chi connectivity index (χ3v) is 6.19. The highest BCUT2D eigenvalue weighted by Gasteiger charge is 2.38. The van der Waals surface area contributed by atoms with Crippen molar-refractivity contribution in [2.24, 2.45) is 0 Å². The summed E-state index contributed by atoms with van der Waals surface area (Å²) < 4.78 is 54.5. The number of anilines is 3. The normalized spacial score (nSPS) is 16.2. The molecule has 3 aromatic rings. The van der Waals surface area contributed by atoms with Gasteiger partial charge in [-0.15, -0.1) is 0 Å². The lowest BCUT2D eigenvalue weighted by molar-refractivity contribution is -0.141. The molecule has 0 radical (unpaired) electrons. The van der Waals surface area contributed by atoms with Gasteiger partial charge in [0.2, 0.25) is 5.56 Å². The van der Waals surface area contributed by atoms with Gasteiger partial charge in [0.25, 0.3) is 5.91 Å². The summed E-state index contributed by atoms with van der Waals surface area (Å²) in [7, 11) is 0. The van der Waals surface area contributed by atoms with Crippen molar-refractivity contribution in [2.75, 3.05) is 16.5 Å². The number of carbonyl (C=O) groups is 1. The second kappa shape index (κ2) is 8.27. The first kappa shape index (κ1) is 22.1. The zero-order valence-corrected chi connectivity index (χ0v) is 18.0. The van der Waals surface area contributed by atoms with E-state index in [9.17, 15) is 27.2 Å². The quantitative estimate of drug-likeness (QED) is 0.470. The molecule has 4 heterocycles. The third-order valence-electron chi connectivity index (χ3n) is 6.19. The molecule has 2 bridgehead atoms. The third kappa shape index (κ3) is 3.93. The van der Waals surface area contributed by atoms with Crippen molar-refractivity contribution >= 4 is 23.0 Å². The molecule has 1 N–H and O–H groups in total. The number of hydrogen-bond acceptors (Lipinski definition) is 4. The Morgan fingerprint density at radius 3 is 2.44 bits per heavy atom. The lowest BCUT2D eigenvalue weighted by Gasteiger charge is -2.39. The number of alkyl halides is 3. The van der Waals surface area contributed by atoms with Crippen molar-refractivity contribution in [3.63, 3.8) is 0 Å². The summed E-state index contributed by atoms with van der Waals surface area (Å²) in [5.74, 6) is -0.967. The Morgan fingerprint density at radius 2 is 1.65 bits per heavy atom. The number of pyridine rings is 2. The molecule has 2 aromatic heterocycles. The van der Waals surface area contributed by atoms with Gasteiger partial charge >= 0.3 is 6.18 Å². The number of nitrogens with zero attached hydrogens (tertiary/aromatic N) is 3. The summed E-state index contributed by atoms with van der Waals surface area (Å²) in [4.78, 5) is 34.7. The molecule has 1 amide bonds. The molecule has 1 aromatic carbocycles. The van der Waals surface area contributed by atoms with Crippen molar-refractivity contribution in [1.29, 1.82) is 0 Å². The Hall–Kier alpha value is -3.69. The zero-order chi connectivity index (χ0) is 24.0. The van der Waals surface area contributed by atoms with Gasteiger partial charge in [-0.25, -0.2) is 4.39 Å². The summed E-state index contributed by atoms with van der Waals surface area (Å²) >= 11 is 0. The highest BCUT2D eigenvalue weighted by atomic mass is 19.4. The topological polar surface area (TPSA) is 69.3 Å². The van der Waals surface area contributed by atoms with E-state index in [0.717, 1.165) is 31.5 Å². The highest BCUT2D eigenvalue weighted by Crippen LogP contribution is 2.41. The zero-order valence-electron chi connectivity index (χ0n) is 18.0. The number of nitrogens with one attached hydrogen (secondary N) is 1. The molecular weight excluding hydrogens is 452 g/mol. The molecule has 10 heteroatoms. The van der Waals surface area contributed by atoms with Crippen LogP contribution < -0.4 is 15.4 Å². The number of fused-ring (bicyclic) bond motifs is 8. The van der Waals surface area contributed by atoms with Gasteiger partial charge in [0, 0.05) is 23.6 Å². The number of aryl methyl sites for hydroxylation is 2. The summed E-state index contributed by atoms with van der Waals surface area (Å²) in [6.07, 6.45) is -0.461. The predicted molar refractivity (Wildman–Crippen MR) is 118 cm³/mol. The van der Waals surface area contributed by atoms with Crippen molar-refractivity contribution < 1.29 is 22.4 Å². The predicted octanol–water partition coefficient (Wildman–Crippen LogP) is 4.95. The molecule has 0 atom stereocenters. The standard InChI is InChI=1S/C24H20F4N4O2/c25-15-6-7-18-14(10-15)4-2-1-3-5-17-19(8-9-22(33)30-17)32-13-31(18)20-11-21(24(26,27)28)29-12-16(20)23(32)34/h6-12H,1-5,13H2,(H,30,33). The van der Waals surface area contributed by atoms with E-state index in [-0.39, 0.29) is 23.5 Å². The molecule has 0 aliphatic carbocycles. The van der Waals surface area contributed by atoms with E-state index in [1.165, 1.54) is 29.2 Å². The van der Waals surface area contributed by atoms with Crippen molar-refractivity contribution in [3.8, 4) is 0 Å². The molecule has 2 aliphatic heterocycles. The summed E-state index contributed by atoms with van der Waals surface area (Å²) in [5, 5.41) is 0. The van der Waals surface area contributed by atoms with Crippen molar-refractivity contribution in [1.82, 2.24) is 9.97 Å². The van der Waals surface area contributed by atoms with Gasteiger partial charge in [-0.3, -0.25) is 19.5 Å². The summed E-state index contributed by atoms with van der Waals surface area (Å²) in [5.41, 5.74) is 0.854. The second-order valence-electron chi connectivity index (χ2n) is 8.41. The highest BCUT2D eigenvalue weighted by molar-refractivity contribution is 6.12. The molecule has 0 fully saturated rings. The smallest absolute Gasteiger partial charge is 0.324 e. The first-order chi connectivity index (χ1) is 16.2. The second-order valence-corrected chi connectivity index (χ2v) is 8.41. The number of benzene rings is 1. The average molecular weight is 472 g/mol. The van der Waals surface area contributed by atoms with E-state index in [2.05, 4.69) is 9.97 Å². The van der Waals surface area contributed by atoms with Crippen LogP contribution in [0.5, 0.6) is 0 Å². The first-order valence-corrected chi connectivity index (χ1v) is 10.9. The number of H-pyrrole nitrogens is 1. The number of rotatable bonds is 0. The van der Waals surface area contributed by atoms with Gasteiger partial charge in [0.1, 0.15) is 18.2 Å². The maximum Gasteiger partial charge on any atom is 0.433 e. The molecule has 2 aliphatic rings. The molecule has 176 valence electrons. The van der Waals surface area contributed by atoms with E-state index in [0.29, 0.717) is 35.5 Å². The number of amides is 1. The number of hydrogen-bond donors (Lipinski definition) is 1. The van der Waals surface area contributed by atoms with E-state index < -0.39 is 23.6 Å². The van der Waals surface area contributed by atoms with Crippen LogP contribution in [0.25, 0.3) is 0 Å². The molecule has 34 heavy (non-hydrogen) atoms. The number of aromatic nitrogens is 2. The van der Waals surface area contributed by atoms with Gasteiger partial charge in [-0.1, -0.05) is 6.42 Å².